The number of hydrogen-bond acceptors (Lipinski definition) is 9. The molecule has 4 rings (SSSR count). The van der Waals surface area contributed by atoms with Crippen LogP contribution in [0, 0.1) is 10.1 Å². The maximum atomic E-state index is 12.8. The van der Waals surface area contributed by atoms with Gasteiger partial charge in [-0.1, -0.05) is 0 Å². The van der Waals surface area contributed by atoms with E-state index in [4.69, 9.17) is 9.47 Å². The van der Waals surface area contributed by atoms with Crippen molar-refractivity contribution < 1.29 is 19.2 Å². The molecule has 1 aliphatic rings. The third kappa shape index (κ3) is 5.06. The van der Waals surface area contributed by atoms with Crippen LogP contribution in [0.3, 0.4) is 0 Å². The Morgan fingerprint density at radius 2 is 2.25 bits per heavy atom. The molecule has 1 N–H and O–H groups in total. The van der Waals surface area contributed by atoms with Crippen LogP contribution in [0.15, 0.2) is 34.5 Å². The number of nitro benzene ring substituents is 1. The van der Waals surface area contributed by atoms with Crippen LogP contribution < -0.4 is 14.8 Å². The van der Waals surface area contributed by atoms with E-state index in [1.165, 1.54) is 41.0 Å². The first-order valence-corrected chi connectivity index (χ1v) is 11.8. The van der Waals surface area contributed by atoms with Crippen molar-refractivity contribution in [2.45, 2.75) is 19.6 Å². The molecule has 168 valence electrons. The van der Waals surface area contributed by atoms with Gasteiger partial charge in [0.15, 0.2) is 11.5 Å². The Labute approximate surface area is 192 Å². The number of thiazole rings is 1. The van der Waals surface area contributed by atoms with Gasteiger partial charge in [0.05, 0.1) is 29.3 Å². The van der Waals surface area contributed by atoms with Crippen LogP contribution in [0.25, 0.3) is 0 Å². The maximum absolute atomic E-state index is 12.8. The number of carbonyl (C=O) groups excluding carboxylic acids is 1. The zero-order valence-corrected chi connectivity index (χ0v) is 19.0. The van der Waals surface area contributed by atoms with Crippen molar-refractivity contribution >= 4 is 34.3 Å². The van der Waals surface area contributed by atoms with Crippen LogP contribution >= 0.6 is 22.7 Å². The van der Waals surface area contributed by atoms with E-state index in [0.717, 1.165) is 19.5 Å². The number of ether oxygens (including phenoxy) is 2. The number of fused-ring (bicyclic) bond motifs is 1. The highest BCUT2D eigenvalue weighted by molar-refractivity contribution is 7.10. The zero-order chi connectivity index (χ0) is 22.5. The van der Waals surface area contributed by atoms with Crippen molar-refractivity contribution in [1.29, 1.82) is 0 Å². The summed E-state index contributed by atoms with van der Waals surface area (Å²) in [6, 6.07) is 4.71. The fourth-order valence-corrected chi connectivity index (χ4v) is 4.97. The quantitative estimate of drug-likeness (QED) is 0.374. The third-order valence-corrected chi connectivity index (χ3v) is 6.84. The number of aromatic nitrogens is 1. The van der Waals surface area contributed by atoms with E-state index >= 15 is 0 Å². The van der Waals surface area contributed by atoms with Gasteiger partial charge >= 0.3 is 0 Å². The van der Waals surface area contributed by atoms with Crippen LogP contribution in [0.1, 0.15) is 26.5 Å². The van der Waals surface area contributed by atoms with E-state index in [1.54, 1.807) is 16.8 Å². The number of carbonyl (C=O) groups is 1. The number of nitro groups is 1. The normalized spacial score (nSPS) is 13.4. The molecule has 1 amide bonds. The lowest BCUT2D eigenvalue weighted by molar-refractivity contribution is -0.385. The fourth-order valence-electron chi connectivity index (χ4n) is 3.54. The SMILES string of the molecule is COc1cc(C(=O)NCCN2CCc3sccc3C2)c([N+](=O)[O-])cc1OCc1cscn1. The molecule has 0 aliphatic carbocycles. The first-order valence-electron chi connectivity index (χ1n) is 9.97. The lowest BCUT2D eigenvalue weighted by Crippen LogP contribution is -2.37. The predicted molar refractivity (Wildman–Crippen MR) is 122 cm³/mol. The smallest absolute Gasteiger partial charge is 0.286 e. The Morgan fingerprint density at radius 1 is 1.38 bits per heavy atom. The lowest BCUT2D eigenvalue weighted by Gasteiger charge is -2.26. The summed E-state index contributed by atoms with van der Waals surface area (Å²) in [6.07, 6.45) is 1.01. The molecule has 32 heavy (non-hydrogen) atoms. The molecule has 0 spiro atoms. The maximum Gasteiger partial charge on any atom is 0.286 e. The average molecular weight is 475 g/mol. The number of hydrogen-bond donors (Lipinski definition) is 1. The number of methoxy groups -OCH3 is 1. The van der Waals surface area contributed by atoms with Crippen LogP contribution in [-0.2, 0) is 19.6 Å². The number of thiophene rings is 1. The van der Waals surface area contributed by atoms with Crippen molar-refractivity contribution in [3.8, 4) is 11.5 Å². The van der Waals surface area contributed by atoms with Crippen LogP contribution in [0.5, 0.6) is 11.5 Å². The summed E-state index contributed by atoms with van der Waals surface area (Å²) < 4.78 is 11.0. The van der Waals surface area contributed by atoms with Gasteiger partial charge < -0.3 is 14.8 Å². The fraction of sp³-hybridized carbons (Fsp3) is 0.333. The van der Waals surface area contributed by atoms with Crippen LogP contribution in [0.2, 0.25) is 0 Å². The molecule has 3 heterocycles. The van der Waals surface area contributed by atoms with Gasteiger partial charge in [-0.3, -0.25) is 19.8 Å². The van der Waals surface area contributed by atoms with Gasteiger partial charge in [0.25, 0.3) is 11.6 Å². The molecule has 0 unspecified atom stereocenters. The first-order chi connectivity index (χ1) is 15.5. The van der Waals surface area contributed by atoms with Gasteiger partial charge in [-0.05, 0) is 23.4 Å². The molecule has 1 aromatic carbocycles. The molecule has 11 heteroatoms. The molecule has 0 fully saturated rings. The molecule has 2 aromatic heterocycles. The second kappa shape index (κ2) is 10.1. The second-order valence-corrected chi connectivity index (χ2v) is 8.92. The van der Waals surface area contributed by atoms with Crippen molar-refractivity contribution in [2.75, 3.05) is 26.7 Å². The third-order valence-electron chi connectivity index (χ3n) is 5.18. The Hall–Kier alpha value is -3.02. The number of benzene rings is 1. The van der Waals surface area contributed by atoms with Crippen molar-refractivity contribution in [2.24, 2.45) is 0 Å². The summed E-state index contributed by atoms with van der Waals surface area (Å²) >= 11 is 3.21. The van der Waals surface area contributed by atoms with Gasteiger partial charge in [0.2, 0.25) is 0 Å². The van der Waals surface area contributed by atoms with Gasteiger partial charge in [0, 0.05) is 42.5 Å². The largest absolute Gasteiger partial charge is 0.493 e. The van der Waals surface area contributed by atoms with E-state index in [0.29, 0.717) is 18.8 Å². The summed E-state index contributed by atoms with van der Waals surface area (Å²) in [4.78, 5) is 31.6. The summed E-state index contributed by atoms with van der Waals surface area (Å²) in [5.41, 5.74) is 3.31. The number of nitrogens with zero attached hydrogens (tertiary/aromatic N) is 3. The summed E-state index contributed by atoms with van der Waals surface area (Å²) in [5.74, 6) is -0.0880. The predicted octanol–water partition coefficient (Wildman–Crippen LogP) is 3.49. The monoisotopic (exact) mass is 474 g/mol. The molecule has 0 atom stereocenters. The van der Waals surface area contributed by atoms with Gasteiger partial charge in [-0.25, -0.2) is 4.98 Å². The Morgan fingerprint density at radius 3 is 3.00 bits per heavy atom. The van der Waals surface area contributed by atoms with E-state index in [2.05, 4.69) is 26.6 Å². The number of nitrogens with one attached hydrogen (secondary N) is 1. The van der Waals surface area contributed by atoms with Gasteiger partial charge in [0.1, 0.15) is 12.2 Å². The highest BCUT2D eigenvalue weighted by Crippen LogP contribution is 2.35. The topological polar surface area (TPSA) is 107 Å². The van der Waals surface area contributed by atoms with Crippen molar-refractivity contribution in [1.82, 2.24) is 15.2 Å². The minimum absolute atomic E-state index is 0.0633. The van der Waals surface area contributed by atoms with E-state index in [-0.39, 0.29) is 29.4 Å². The van der Waals surface area contributed by atoms with E-state index < -0.39 is 10.8 Å². The average Bonchev–Trinajstić information content (AvgIpc) is 3.48. The van der Waals surface area contributed by atoms with Gasteiger partial charge in [-0.2, -0.15) is 0 Å². The summed E-state index contributed by atoms with van der Waals surface area (Å²) in [6.45, 7) is 2.99. The minimum Gasteiger partial charge on any atom is -0.493 e. The first kappa shape index (κ1) is 22.2. The van der Waals surface area contributed by atoms with E-state index in [1.807, 2.05) is 5.38 Å². The Balaban J connectivity index is 1.41. The van der Waals surface area contributed by atoms with Crippen molar-refractivity contribution in [3.63, 3.8) is 0 Å². The van der Waals surface area contributed by atoms with Crippen LogP contribution in [-0.4, -0.2) is 47.5 Å². The van der Waals surface area contributed by atoms with E-state index in [9.17, 15) is 14.9 Å². The summed E-state index contributed by atoms with van der Waals surface area (Å²) in [7, 11) is 1.42. The van der Waals surface area contributed by atoms with Crippen LogP contribution in [0.4, 0.5) is 5.69 Å². The standard InChI is InChI=1S/C21H22N4O5S2/c1-29-18-8-16(17(25(27)28)9-19(18)30-11-15-12-31-13-23-15)21(26)22-4-6-24-5-2-20-14(10-24)3-7-32-20/h3,7-9,12-13H,2,4-6,10-11H2,1H3,(H,22,26). The molecule has 0 bridgehead atoms. The number of amides is 1. The highest BCUT2D eigenvalue weighted by Gasteiger charge is 2.25. The molecule has 0 radical (unpaired) electrons. The molecule has 3 aromatic rings. The summed E-state index contributed by atoms with van der Waals surface area (Å²) in [5, 5.41) is 18.4. The van der Waals surface area contributed by atoms with Crippen molar-refractivity contribution in [3.05, 3.63) is 66.3 Å². The lowest BCUT2D eigenvalue weighted by atomic mass is 10.1. The highest BCUT2D eigenvalue weighted by atomic mass is 32.1. The molecule has 1 aliphatic heterocycles. The molecular formula is C21H22N4O5S2. The minimum atomic E-state index is -0.590. The molecule has 0 saturated heterocycles. The number of rotatable bonds is 9. The zero-order valence-electron chi connectivity index (χ0n) is 17.4. The molecular weight excluding hydrogens is 452 g/mol. The Kier molecular flexibility index (Phi) is 6.98. The Bertz CT molecular complexity index is 1100. The molecule has 9 nitrogen and oxygen atoms in total. The molecule has 0 saturated carbocycles. The second-order valence-electron chi connectivity index (χ2n) is 7.20. The van der Waals surface area contributed by atoms with Gasteiger partial charge in [-0.15, -0.1) is 22.7 Å².